The van der Waals surface area contributed by atoms with Crippen LogP contribution in [0, 0.1) is 13.8 Å². The number of nitrogens with zero attached hydrogens (tertiary/aromatic N) is 1. The highest BCUT2D eigenvalue weighted by Gasteiger charge is 2.38. The third-order valence-corrected chi connectivity index (χ3v) is 7.68. The first-order chi connectivity index (χ1) is 18.5. The molecule has 0 amide bonds. The van der Waals surface area contributed by atoms with Crippen LogP contribution < -0.4 is 9.47 Å². The molecule has 1 aromatic heterocycles. The van der Waals surface area contributed by atoms with Gasteiger partial charge in [-0.2, -0.15) is 17.5 Å². The molecule has 0 atom stereocenters. The summed E-state index contributed by atoms with van der Waals surface area (Å²) < 4.78 is 57.0. The lowest BCUT2D eigenvalue weighted by Gasteiger charge is -2.16. The lowest BCUT2D eigenvalue weighted by molar-refractivity contribution is -0.137. The number of halogens is 4. The van der Waals surface area contributed by atoms with E-state index in [1.165, 1.54) is 13.2 Å². The van der Waals surface area contributed by atoms with E-state index >= 15 is 0 Å². The van der Waals surface area contributed by atoms with Crippen LogP contribution in [0.2, 0.25) is 5.02 Å². The van der Waals surface area contributed by atoms with Crippen molar-refractivity contribution >= 4 is 29.1 Å². The number of carbonyl (C=O) groups is 1. The zero-order valence-electron chi connectivity index (χ0n) is 21.4. The van der Waals surface area contributed by atoms with Gasteiger partial charge in [-0.15, -0.1) is 0 Å². The molecule has 4 aromatic rings. The predicted molar refractivity (Wildman–Crippen MR) is 146 cm³/mol. The van der Waals surface area contributed by atoms with Gasteiger partial charge in [0, 0.05) is 17.5 Å². The molecule has 0 aliphatic rings. The van der Waals surface area contributed by atoms with E-state index in [9.17, 15) is 23.1 Å². The van der Waals surface area contributed by atoms with Gasteiger partial charge >= 0.3 is 12.1 Å². The number of carboxylic acids is 1. The Hall–Kier alpha value is -3.56. The molecule has 10 heteroatoms. The third-order valence-electron chi connectivity index (χ3n) is 6.44. The third kappa shape index (κ3) is 6.37. The molecule has 0 unspecified atom stereocenters. The molecule has 0 bridgehead atoms. The molecule has 0 spiro atoms. The minimum atomic E-state index is -4.62. The standard InChI is InChI=1S/C29H25ClF3NO4S/c1-16-5-4-6-21(17(16)2)22-14-20(10-7-18(22)9-12-26(35)36)38-15-23-27(34-39-28(23)29(31,32)33)19-8-11-24(30)25(13-19)37-3/h4-8,10-11,13-14H,9,12,15H2,1-3H3,(H,35,36). The molecule has 0 aliphatic carbocycles. The van der Waals surface area contributed by atoms with Crippen molar-refractivity contribution in [1.29, 1.82) is 0 Å². The number of alkyl halides is 3. The van der Waals surface area contributed by atoms with Crippen LogP contribution in [0.4, 0.5) is 13.2 Å². The molecule has 4 rings (SSSR count). The first-order valence-corrected chi connectivity index (χ1v) is 13.1. The van der Waals surface area contributed by atoms with E-state index in [2.05, 4.69) is 4.37 Å². The monoisotopic (exact) mass is 575 g/mol. The number of hydrogen-bond donors (Lipinski definition) is 1. The van der Waals surface area contributed by atoms with E-state index in [1.807, 2.05) is 32.0 Å². The number of aliphatic carboxylic acids is 1. The fraction of sp³-hybridized carbons (Fsp3) is 0.241. The number of hydrogen-bond acceptors (Lipinski definition) is 5. The van der Waals surface area contributed by atoms with Crippen LogP contribution in [0.1, 0.15) is 33.6 Å². The first kappa shape index (κ1) is 28.4. The summed E-state index contributed by atoms with van der Waals surface area (Å²) in [6, 6.07) is 15.6. The van der Waals surface area contributed by atoms with E-state index < -0.39 is 17.0 Å². The second kappa shape index (κ2) is 11.7. The quantitative estimate of drug-likeness (QED) is 0.217. The van der Waals surface area contributed by atoms with E-state index in [4.69, 9.17) is 21.1 Å². The molecule has 0 radical (unpaired) electrons. The highest BCUT2D eigenvalue weighted by molar-refractivity contribution is 7.06. The SMILES string of the molecule is COc1cc(-c2nsc(C(F)(F)F)c2COc2ccc(CCC(=O)O)c(-c3cccc(C)c3C)c2)ccc1Cl. The molecule has 1 N–H and O–H groups in total. The molecule has 1 heterocycles. The number of ether oxygens (including phenoxy) is 2. The van der Waals surface area contributed by atoms with Gasteiger partial charge in [-0.3, -0.25) is 4.79 Å². The van der Waals surface area contributed by atoms with Crippen molar-refractivity contribution in [2.45, 2.75) is 39.5 Å². The summed E-state index contributed by atoms with van der Waals surface area (Å²) in [6.45, 7) is 3.57. The van der Waals surface area contributed by atoms with Crippen LogP contribution in [0.3, 0.4) is 0 Å². The molecule has 0 saturated heterocycles. The van der Waals surface area contributed by atoms with Crippen molar-refractivity contribution in [3.8, 4) is 33.9 Å². The van der Waals surface area contributed by atoms with Gasteiger partial charge in [-0.25, -0.2) is 0 Å². The van der Waals surface area contributed by atoms with Gasteiger partial charge in [0.05, 0.1) is 17.8 Å². The summed E-state index contributed by atoms with van der Waals surface area (Å²) in [4.78, 5) is 10.4. The maximum atomic E-state index is 13.9. The van der Waals surface area contributed by atoms with Gasteiger partial charge in [0.1, 0.15) is 23.0 Å². The first-order valence-electron chi connectivity index (χ1n) is 11.9. The zero-order chi connectivity index (χ0) is 28.3. The van der Waals surface area contributed by atoms with E-state index in [-0.39, 0.29) is 24.3 Å². The Kier molecular flexibility index (Phi) is 8.51. The van der Waals surface area contributed by atoms with Gasteiger partial charge in [0.15, 0.2) is 0 Å². The molecule has 5 nitrogen and oxygen atoms in total. The fourth-order valence-corrected chi connectivity index (χ4v) is 5.22. The van der Waals surface area contributed by atoms with Crippen LogP contribution in [-0.4, -0.2) is 22.6 Å². The lowest BCUT2D eigenvalue weighted by atomic mass is 9.91. The molecular formula is C29H25ClF3NO4S. The van der Waals surface area contributed by atoms with Crippen LogP contribution >= 0.6 is 23.1 Å². The molecule has 39 heavy (non-hydrogen) atoms. The Labute approximate surface area is 233 Å². The Balaban J connectivity index is 1.73. The number of aryl methyl sites for hydroxylation is 2. The summed E-state index contributed by atoms with van der Waals surface area (Å²) in [6.07, 6.45) is -4.37. The number of rotatable bonds is 9. The van der Waals surface area contributed by atoms with Crippen molar-refractivity contribution in [3.63, 3.8) is 0 Å². The van der Waals surface area contributed by atoms with E-state index in [0.717, 1.165) is 27.8 Å². The maximum Gasteiger partial charge on any atom is 0.427 e. The average molecular weight is 576 g/mol. The normalized spacial score (nSPS) is 11.5. The van der Waals surface area contributed by atoms with Crippen molar-refractivity contribution in [2.24, 2.45) is 0 Å². The Morgan fingerprint density at radius 3 is 2.54 bits per heavy atom. The second-order valence-corrected chi connectivity index (χ2v) is 10.1. The molecule has 0 aliphatic heterocycles. The number of benzene rings is 3. The highest BCUT2D eigenvalue weighted by Crippen LogP contribution is 2.42. The molecular weight excluding hydrogens is 551 g/mol. The van der Waals surface area contributed by atoms with Crippen molar-refractivity contribution in [3.05, 3.63) is 86.8 Å². The van der Waals surface area contributed by atoms with Crippen molar-refractivity contribution in [2.75, 3.05) is 7.11 Å². The molecule has 204 valence electrons. The molecule has 0 saturated carbocycles. The maximum absolute atomic E-state index is 13.9. The summed E-state index contributed by atoms with van der Waals surface area (Å²) in [5, 5.41) is 9.53. The summed E-state index contributed by atoms with van der Waals surface area (Å²) in [7, 11) is 1.42. The fourth-order valence-electron chi connectivity index (χ4n) is 4.25. The minimum Gasteiger partial charge on any atom is -0.495 e. The minimum absolute atomic E-state index is 0.0541. The van der Waals surface area contributed by atoms with Gasteiger partial charge in [0.25, 0.3) is 0 Å². The molecule has 3 aromatic carbocycles. The van der Waals surface area contributed by atoms with Crippen LogP contribution in [0.5, 0.6) is 11.5 Å². The van der Waals surface area contributed by atoms with Crippen LogP contribution in [-0.2, 0) is 24.0 Å². The summed E-state index contributed by atoms with van der Waals surface area (Å²) >= 11 is 6.46. The van der Waals surface area contributed by atoms with Crippen LogP contribution in [0.15, 0.2) is 54.6 Å². The van der Waals surface area contributed by atoms with E-state index in [1.54, 1.807) is 30.3 Å². The highest BCUT2D eigenvalue weighted by atomic mass is 35.5. The second-order valence-electron chi connectivity index (χ2n) is 8.93. The van der Waals surface area contributed by atoms with Crippen LogP contribution in [0.25, 0.3) is 22.4 Å². The topological polar surface area (TPSA) is 68.7 Å². The summed E-state index contributed by atoms with van der Waals surface area (Å²) in [5.74, 6) is -0.250. The Bertz CT molecular complexity index is 1520. The predicted octanol–water partition coefficient (Wildman–Crippen LogP) is 8.37. The largest absolute Gasteiger partial charge is 0.495 e. The van der Waals surface area contributed by atoms with Gasteiger partial charge < -0.3 is 14.6 Å². The lowest BCUT2D eigenvalue weighted by Crippen LogP contribution is -2.08. The van der Waals surface area contributed by atoms with Crippen molar-refractivity contribution < 1.29 is 32.5 Å². The number of aromatic nitrogens is 1. The smallest absolute Gasteiger partial charge is 0.427 e. The Morgan fingerprint density at radius 2 is 1.85 bits per heavy atom. The van der Waals surface area contributed by atoms with Gasteiger partial charge in [-0.1, -0.05) is 41.9 Å². The molecule has 0 fully saturated rings. The van der Waals surface area contributed by atoms with E-state index in [0.29, 0.717) is 40.0 Å². The summed E-state index contributed by atoms with van der Waals surface area (Å²) in [5.41, 5.74) is 5.02. The average Bonchev–Trinajstić information content (AvgIpc) is 3.33. The number of carboxylic acid groups (broad SMARTS) is 1. The van der Waals surface area contributed by atoms with Gasteiger partial charge in [-0.05, 0) is 83.9 Å². The zero-order valence-corrected chi connectivity index (χ0v) is 22.9. The van der Waals surface area contributed by atoms with Gasteiger partial charge in [0.2, 0.25) is 0 Å². The van der Waals surface area contributed by atoms with Crippen molar-refractivity contribution in [1.82, 2.24) is 4.37 Å². The Morgan fingerprint density at radius 1 is 1.08 bits per heavy atom. The number of methoxy groups -OCH3 is 1.